The zero-order valence-corrected chi connectivity index (χ0v) is 15.2. The molecule has 0 radical (unpaired) electrons. The van der Waals surface area contributed by atoms with E-state index in [1.807, 2.05) is 38.1 Å². The second-order valence-corrected chi connectivity index (χ2v) is 6.25. The maximum Gasteiger partial charge on any atom is 0.248 e. The van der Waals surface area contributed by atoms with Gasteiger partial charge in [-0.1, -0.05) is 27.5 Å². The van der Waals surface area contributed by atoms with Crippen molar-refractivity contribution < 1.29 is 9.53 Å². The van der Waals surface area contributed by atoms with Crippen molar-refractivity contribution in [3.8, 4) is 5.75 Å². The maximum absolute atomic E-state index is 12.1. The molecule has 5 heteroatoms. The van der Waals surface area contributed by atoms with Crippen LogP contribution in [0.4, 0.5) is 5.69 Å². The van der Waals surface area contributed by atoms with Crippen LogP contribution in [0.5, 0.6) is 5.75 Å². The third-order valence-corrected chi connectivity index (χ3v) is 3.86. The molecular formula is C18H17BrClNO2. The van der Waals surface area contributed by atoms with Gasteiger partial charge in [0, 0.05) is 26.8 Å². The molecule has 0 saturated heterocycles. The molecule has 0 aliphatic rings. The minimum atomic E-state index is -0.210. The van der Waals surface area contributed by atoms with Gasteiger partial charge in [-0.15, -0.1) is 0 Å². The van der Waals surface area contributed by atoms with Crippen LogP contribution < -0.4 is 10.1 Å². The minimum Gasteiger partial charge on any atom is -0.493 e. The Labute approximate surface area is 149 Å². The van der Waals surface area contributed by atoms with Gasteiger partial charge >= 0.3 is 0 Å². The lowest BCUT2D eigenvalue weighted by Crippen LogP contribution is -2.08. The standard InChI is InChI=1S/C18H17BrClNO2/c1-3-23-17-8-5-14(19)11-13(17)4-9-18(22)21-16-7-6-15(20)10-12(16)2/h4-11H,3H2,1-2H3,(H,21,22)/b9-4+. The van der Waals surface area contributed by atoms with Gasteiger partial charge in [-0.25, -0.2) is 0 Å². The second kappa shape index (κ2) is 8.18. The fraction of sp³-hybridized carbons (Fsp3) is 0.167. The molecule has 0 fully saturated rings. The molecule has 2 aromatic carbocycles. The number of hydrogen-bond donors (Lipinski definition) is 1. The Kier molecular flexibility index (Phi) is 6.25. The average molecular weight is 395 g/mol. The molecule has 0 aliphatic heterocycles. The van der Waals surface area contributed by atoms with Gasteiger partial charge in [-0.2, -0.15) is 0 Å². The van der Waals surface area contributed by atoms with Gasteiger partial charge in [0.25, 0.3) is 0 Å². The van der Waals surface area contributed by atoms with Gasteiger partial charge in [-0.05, 0) is 61.9 Å². The van der Waals surface area contributed by atoms with Crippen LogP contribution in [0.2, 0.25) is 5.02 Å². The molecule has 0 saturated carbocycles. The van der Waals surface area contributed by atoms with E-state index in [9.17, 15) is 4.79 Å². The number of carbonyl (C=O) groups is 1. The van der Waals surface area contributed by atoms with E-state index in [1.54, 1.807) is 18.2 Å². The summed E-state index contributed by atoms with van der Waals surface area (Å²) in [6.07, 6.45) is 3.22. The SMILES string of the molecule is CCOc1ccc(Br)cc1/C=C/C(=O)Nc1ccc(Cl)cc1C. The molecule has 0 heterocycles. The number of rotatable bonds is 5. The van der Waals surface area contributed by atoms with Crippen LogP contribution in [0.25, 0.3) is 6.08 Å². The zero-order chi connectivity index (χ0) is 16.8. The van der Waals surface area contributed by atoms with Crippen molar-refractivity contribution in [3.63, 3.8) is 0 Å². The number of benzene rings is 2. The van der Waals surface area contributed by atoms with Gasteiger partial charge in [-0.3, -0.25) is 4.79 Å². The van der Waals surface area contributed by atoms with Crippen LogP contribution in [0.1, 0.15) is 18.1 Å². The Hall–Kier alpha value is -1.78. The number of nitrogens with one attached hydrogen (secondary N) is 1. The molecule has 0 aromatic heterocycles. The van der Waals surface area contributed by atoms with E-state index >= 15 is 0 Å². The summed E-state index contributed by atoms with van der Waals surface area (Å²) in [5, 5.41) is 3.48. The predicted molar refractivity (Wildman–Crippen MR) is 99.2 cm³/mol. The number of halogens is 2. The maximum atomic E-state index is 12.1. The first-order valence-corrected chi connectivity index (χ1v) is 8.34. The third kappa shape index (κ3) is 5.12. The van der Waals surface area contributed by atoms with Gasteiger partial charge < -0.3 is 10.1 Å². The molecule has 0 unspecified atom stereocenters. The highest BCUT2D eigenvalue weighted by Gasteiger charge is 2.04. The Morgan fingerprint density at radius 3 is 2.78 bits per heavy atom. The molecule has 23 heavy (non-hydrogen) atoms. The van der Waals surface area contributed by atoms with Gasteiger partial charge in [0.15, 0.2) is 0 Å². The van der Waals surface area contributed by atoms with E-state index in [1.165, 1.54) is 6.08 Å². The molecule has 1 amide bonds. The van der Waals surface area contributed by atoms with Gasteiger partial charge in [0.2, 0.25) is 5.91 Å². The monoisotopic (exact) mass is 393 g/mol. The van der Waals surface area contributed by atoms with Crippen molar-refractivity contribution in [3.05, 3.63) is 63.1 Å². The van der Waals surface area contributed by atoms with Crippen molar-refractivity contribution in [2.24, 2.45) is 0 Å². The summed E-state index contributed by atoms with van der Waals surface area (Å²) in [4.78, 5) is 12.1. The quantitative estimate of drug-likeness (QED) is 0.684. The number of ether oxygens (including phenoxy) is 1. The Bertz CT molecular complexity index is 744. The van der Waals surface area contributed by atoms with E-state index in [0.29, 0.717) is 11.6 Å². The summed E-state index contributed by atoms with van der Waals surface area (Å²) in [5.74, 6) is 0.528. The van der Waals surface area contributed by atoms with Gasteiger partial charge in [0.05, 0.1) is 6.61 Å². The summed E-state index contributed by atoms with van der Waals surface area (Å²) < 4.78 is 6.48. The lowest BCUT2D eigenvalue weighted by molar-refractivity contribution is -0.111. The molecule has 0 bridgehead atoms. The average Bonchev–Trinajstić information content (AvgIpc) is 2.50. The van der Waals surface area contributed by atoms with Crippen molar-refractivity contribution in [1.29, 1.82) is 0 Å². The summed E-state index contributed by atoms with van der Waals surface area (Å²) in [7, 11) is 0. The first-order valence-electron chi connectivity index (χ1n) is 7.17. The molecule has 1 N–H and O–H groups in total. The molecule has 3 nitrogen and oxygen atoms in total. The first kappa shape index (κ1) is 17.6. The predicted octanol–water partition coefficient (Wildman–Crippen LogP) is 5.46. The van der Waals surface area contributed by atoms with Crippen LogP contribution in [-0.2, 0) is 4.79 Å². The number of amides is 1. The molecule has 120 valence electrons. The topological polar surface area (TPSA) is 38.3 Å². The molecule has 0 spiro atoms. The Morgan fingerprint density at radius 1 is 1.30 bits per heavy atom. The highest BCUT2D eigenvalue weighted by Crippen LogP contribution is 2.25. The number of anilines is 1. The van der Waals surface area contributed by atoms with Crippen LogP contribution >= 0.6 is 27.5 Å². The summed E-state index contributed by atoms with van der Waals surface area (Å²) in [5.41, 5.74) is 2.49. The fourth-order valence-corrected chi connectivity index (χ4v) is 2.65. The van der Waals surface area contributed by atoms with Crippen LogP contribution in [0.3, 0.4) is 0 Å². The lowest BCUT2D eigenvalue weighted by atomic mass is 10.1. The van der Waals surface area contributed by atoms with Crippen molar-refractivity contribution in [1.82, 2.24) is 0 Å². The second-order valence-electron chi connectivity index (χ2n) is 4.90. The molecule has 0 aliphatic carbocycles. The van der Waals surface area contributed by atoms with Crippen molar-refractivity contribution in [2.75, 3.05) is 11.9 Å². The van der Waals surface area contributed by atoms with E-state index in [2.05, 4.69) is 21.2 Å². The van der Waals surface area contributed by atoms with Gasteiger partial charge in [0.1, 0.15) is 5.75 Å². The Morgan fingerprint density at radius 2 is 2.09 bits per heavy atom. The van der Waals surface area contributed by atoms with E-state index < -0.39 is 0 Å². The number of carbonyl (C=O) groups excluding carboxylic acids is 1. The first-order chi connectivity index (χ1) is 11.0. The largest absolute Gasteiger partial charge is 0.493 e. The lowest BCUT2D eigenvalue weighted by Gasteiger charge is -2.08. The van der Waals surface area contributed by atoms with Crippen LogP contribution in [-0.4, -0.2) is 12.5 Å². The normalized spacial score (nSPS) is 10.8. The van der Waals surface area contributed by atoms with Crippen molar-refractivity contribution in [2.45, 2.75) is 13.8 Å². The summed E-state index contributed by atoms with van der Waals surface area (Å²) in [6.45, 7) is 4.39. The van der Waals surface area contributed by atoms with E-state index in [4.69, 9.17) is 16.3 Å². The van der Waals surface area contributed by atoms with Crippen LogP contribution in [0, 0.1) is 6.92 Å². The molecule has 2 aromatic rings. The van der Waals surface area contributed by atoms with E-state index in [-0.39, 0.29) is 5.91 Å². The van der Waals surface area contributed by atoms with Crippen LogP contribution in [0.15, 0.2) is 46.9 Å². The number of hydrogen-bond acceptors (Lipinski definition) is 2. The van der Waals surface area contributed by atoms with E-state index in [0.717, 1.165) is 27.0 Å². The minimum absolute atomic E-state index is 0.210. The molecule has 2 rings (SSSR count). The Balaban J connectivity index is 2.13. The summed E-state index contributed by atoms with van der Waals surface area (Å²) >= 11 is 9.33. The fourth-order valence-electron chi connectivity index (χ4n) is 2.04. The highest BCUT2D eigenvalue weighted by molar-refractivity contribution is 9.10. The number of aryl methyl sites for hydroxylation is 1. The van der Waals surface area contributed by atoms with Crippen molar-refractivity contribution >= 4 is 45.2 Å². The third-order valence-electron chi connectivity index (χ3n) is 3.13. The molecule has 0 atom stereocenters. The smallest absolute Gasteiger partial charge is 0.248 e. The zero-order valence-electron chi connectivity index (χ0n) is 12.9. The summed E-state index contributed by atoms with van der Waals surface area (Å²) in [6, 6.07) is 11.0. The molecular weight excluding hydrogens is 378 g/mol. The highest BCUT2D eigenvalue weighted by atomic mass is 79.9.